The molecule has 1 amide bonds. The third kappa shape index (κ3) is 5.16. The molecule has 29 heavy (non-hydrogen) atoms. The molecule has 1 aromatic heterocycles. The Morgan fingerprint density at radius 2 is 2.07 bits per heavy atom. The molecule has 0 atom stereocenters. The van der Waals surface area contributed by atoms with Crippen LogP contribution in [0.2, 0.25) is 0 Å². The summed E-state index contributed by atoms with van der Waals surface area (Å²) in [5, 5.41) is 7.15. The van der Waals surface area contributed by atoms with E-state index in [0.29, 0.717) is 35.7 Å². The molecule has 1 heterocycles. The highest BCUT2D eigenvalue weighted by atomic mass is 16.5. The fourth-order valence-corrected chi connectivity index (χ4v) is 3.49. The Morgan fingerprint density at radius 1 is 1.31 bits per heavy atom. The van der Waals surface area contributed by atoms with Crippen molar-refractivity contribution in [1.29, 1.82) is 0 Å². The van der Waals surface area contributed by atoms with E-state index in [-0.39, 0.29) is 5.91 Å². The molecular weight excluding hydrogens is 370 g/mol. The summed E-state index contributed by atoms with van der Waals surface area (Å²) in [6, 6.07) is 5.61. The fourth-order valence-electron chi connectivity index (χ4n) is 3.49. The first-order valence-electron chi connectivity index (χ1n) is 10.0. The van der Waals surface area contributed by atoms with Crippen LogP contribution >= 0.6 is 0 Å². The molecule has 7 heteroatoms. The summed E-state index contributed by atoms with van der Waals surface area (Å²) in [7, 11) is 1.61. The lowest BCUT2D eigenvalue weighted by Crippen LogP contribution is -2.44. The molecule has 2 aromatic rings. The van der Waals surface area contributed by atoms with E-state index in [2.05, 4.69) is 29.3 Å². The molecule has 7 nitrogen and oxygen atoms in total. The highest BCUT2D eigenvalue weighted by Gasteiger charge is 2.40. The van der Waals surface area contributed by atoms with E-state index in [1.807, 2.05) is 18.2 Å². The minimum atomic E-state index is -0.550. The molecule has 0 unspecified atom stereocenters. The van der Waals surface area contributed by atoms with E-state index in [4.69, 9.17) is 14.0 Å². The van der Waals surface area contributed by atoms with Crippen molar-refractivity contribution in [3.05, 3.63) is 41.6 Å². The van der Waals surface area contributed by atoms with Gasteiger partial charge in [-0.05, 0) is 42.5 Å². The number of ether oxygens (including phenoxy) is 2. The Kier molecular flexibility index (Phi) is 6.56. The van der Waals surface area contributed by atoms with Crippen molar-refractivity contribution in [2.24, 2.45) is 5.92 Å². The minimum Gasteiger partial charge on any atom is -0.493 e. The van der Waals surface area contributed by atoms with Gasteiger partial charge in [-0.1, -0.05) is 37.9 Å². The number of hydrogen-bond acceptors (Lipinski definition) is 6. The van der Waals surface area contributed by atoms with Gasteiger partial charge in [-0.25, -0.2) is 0 Å². The number of amides is 1. The largest absolute Gasteiger partial charge is 0.493 e. The average molecular weight is 399 g/mol. The molecule has 0 spiro atoms. The molecule has 1 aromatic carbocycles. The molecule has 156 valence electrons. The maximum atomic E-state index is 12.6. The molecule has 1 fully saturated rings. The predicted molar refractivity (Wildman–Crippen MR) is 110 cm³/mol. The first-order chi connectivity index (χ1) is 13.9. The van der Waals surface area contributed by atoms with E-state index < -0.39 is 5.54 Å². The van der Waals surface area contributed by atoms with Gasteiger partial charge in [-0.2, -0.15) is 4.98 Å². The van der Waals surface area contributed by atoms with Crippen molar-refractivity contribution in [3.63, 3.8) is 0 Å². The number of carbonyl (C=O) groups excluding carboxylic acids is 1. The Morgan fingerprint density at radius 3 is 2.69 bits per heavy atom. The SMILES string of the molecule is COc1cc(/C=C/C(=O)NC2(c3noc(C)n3)CCCC2)ccc1OCC(C)C. The highest BCUT2D eigenvalue weighted by molar-refractivity contribution is 5.92. The van der Waals surface area contributed by atoms with Gasteiger partial charge in [0.1, 0.15) is 5.54 Å². The number of nitrogens with one attached hydrogen (secondary N) is 1. The molecule has 1 N–H and O–H groups in total. The number of aryl methyl sites for hydroxylation is 1. The summed E-state index contributed by atoms with van der Waals surface area (Å²) < 4.78 is 16.3. The Balaban J connectivity index is 1.69. The van der Waals surface area contributed by atoms with Crippen molar-refractivity contribution >= 4 is 12.0 Å². The topological polar surface area (TPSA) is 86.5 Å². The third-order valence-corrected chi connectivity index (χ3v) is 4.96. The van der Waals surface area contributed by atoms with E-state index in [1.165, 1.54) is 6.08 Å². The van der Waals surface area contributed by atoms with Gasteiger partial charge in [0, 0.05) is 13.0 Å². The molecule has 1 saturated carbocycles. The van der Waals surface area contributed by atoms with Gasteiger partial charge in [0.05, 0.1) is 13.7 Å². The smallest absolute Gasteiger partial charge is 0.244 e. The van der Waals surface area contributed by atoms with Crippen molar-refractivity contribution in [3.8, 4) is 11.5 Å². The molecule has 3 rings (SSSR count). The zero-order chi connectivity index (χ0) is 20.9. The van der Waals surface area contributed by atoms with Crippen molar-refractivity contribution in [2.45, 2.75) is 52.0 Å². The number of benzene rings is 1. The molecule has 0 saturated heterocycles. The van der Waals surface area contributed by atoms with E-state index in [0.717, 1.165) is 31.2 Å². The number of aromatic nitrogens is 2. The van der Waals surface area contributed by atoms with Gasteiger partial charge >= 0.3 is 0 Å². The van der Waals surface area contributed by atoms with Gasteiger partial charge in [-0.3, -0.25) is 4.79 Å². The molecular formula is C22H29N3O4. The lowest BCUT2D eigenvalue weighted by Gasteiger charge is -2.25. The first kappa shape index (κ1) is 20.9. The zero-order valence-electron chi connectivity index (χ0n) is 17.5. The molecule has 0 radical (unpaired) electrons. The number of rotatable bonds is 8. The summed E-state index contributed by atoms with van der Waals surface area (Å²) in [5.74, 6) is 2.63. The lowest BCUT2D eigenvalue weighted by molar-refractivity contribution is -0.118. The molecule has 0 aliphatic heterocycles. The van der Waals surface area contributed by atoms with E-state index in [9.17, 15) is 4.79 Å². The van der Waals surface area contributed by atoms with Crippen molar-refractivity contribution in [2.75, 3.05) is 13.7 Å². The van der Waals surface area contributed by atoms with Gasteiger partial charge in [0.15, 0.2) is 17.3 Å². The van der Waals surface area contributed by atoms with Crippen molar-refractivity contribution in [1.82, 2.24) is 15.5 Å². The summed E-state index contributed by atoms with van der Waals surface area (Å²) in [5.41, 5.74) is 0.301. The maximum absolute atomic E-state index is 12.6. The lowest BCUT2D eigenvalue weighted by atomic mass is 9.96. The highest BCUT2D eigenvalue weighted by Crippen LogP contribution is 2.37. The van der Waals surface area contributed by atoms with Crippen LogP contribution in [-0.2, 0) is 10.3 Å². The standard InChI is InChI=1S/C22H29N3O4/c1-15(2)14-28-18-9-7-17(13-19(18)27-4)8-10-20(26)24-22(11-5-6-12-22)21-23-16(3)29-25-21/h7-10,13,15H,5-6,11-12,14H2,1-4H3,(H,24,26)/b10-8+. The Labute approximate surface area is 171 Å². The molecule has 1 aliphatic carbocycles. The van der Waals surface area contributed by atoms with Gasteiger partial charge < -0.3 is 19.3 Å². The summed E-state index contributed by atoms with van der Waals surface area (Å²) in [6.45, 7) is 6.55. The monoisotopic (exact) mass is 399 g/mol. The van der Waals surface area contributed by atoms with Crippen LogP contribution < -0.4 is 14.8 Å². The van der Waals surface area contributed by atoms with Crippen LogP contribution in [0.3, 0.4) is 0 Å². The van der Waals surface area contributed by atoms with E-state index >= 15 is 0 Å². The summed E-state index contributed by atoms with van der Waals surface area (Å²) >= 11 is 0. The second-order valence-electron chi connectivity index (χ2n) is 7.86. The normalized spacial score (nSPS) is 15.8. The van der Waals surface area contributed by atoms with Crippen LogP contribution in [0, 0.1) is 12.8 Å². The minimum absolute atomic E-state index is 0.187. The van der Waals surface area contributed by atoms with Crippen LogP contribution in [0.25, 0.3) is 6.08 Å². The van der Waals surface area contributed by atoms with Crippen LogP contribution in [0.5, 0.6) is 11.5 Å². The van der Waals surface area contributed by atoms with Crippen LogP contribution in [0.4, 0.5) is 0 Å². The quantitative estimate of drug-likeness (QED) is 0.675. The zero-order valence-corrected chi connectivity index (χ0v) is 17.5. The third-order valence-electron chi connectivity index (χ3n) is 4.96. The molecule has 1 aliphatic rings. The van der Waals surface area contributed by atoms with Gasteiger partial charge in [0.2, 0.25) is 11.8 Å². The van der Waals surface area contributed by atoms with Crippen molar-refractivity contribution < 1.29 is 18.8 Å². The van der Waals surface area contributed by atoms with Crippen LogP contribution in [0.1, 0.15) is 56.8 Å². The van der Waals surface area contributed by atoms with Gasteiger partial charge in [0.25, 0.3) is 0 Å². The molecule has 0 bridgehead atoms. The van der Waals surface area contributed by atoms with E-state index in [1.54, 1.807) is 20.1 Å². The fraction of sp³-hybridized carbons (Fsp3) is 0.500. The number of nitrogens with zero attached hydrogens (tertiary/aromatic N) is 2. The average Bonchev–Trinajstić information content (AvgIpc) is 3.34. The van der Waals surface area contributed by atoms with Crippen LogP contribution in [-0.4, -0.2) is 29.8 Å². The Hall–Kier alpha value is -2.83. The second-order valence-corrected chi connectivity index (χ2v) is 7.86. The van der Waals surface area contributed by atoms with Gasteiger partial charge in [-0.15, -0.1) is 0 Å². The first-order valence-corrected chi connectivity index (χ1v) is 10.0. The number of carbonyl (C=O) groups is 1. The predicted octanol–water partition coefficient (Wildman–Crippen LogP) is 4.02. The second kappa shape index (κ2) is 9.11. The summed E-state index contributed by atoms with van der Waals surface area (Å²) in [6.07, 6.45) is 6.94. The number of methoxy groups -OCH3 is 1. The summed E-state index contributed by atoms with van der Waals surface area (Å²) in [4.78, 5) is 17.0. The Bertz CT molecular complexity index is 867. The number of hydrogen-bond donors (Lipinski definition) is 1. The maximum Gasteiger partial charge on any atom is 0.244 e. The van der Waals surface area contributed by atoms with Crippen LogP contribution in [0.15, 0.2) is 28.8 Å².